The van der Waals surface area contributed by atoms with E-state index in [9.17, 15) is 8.42 Å². The molecule has 1 N–H and O–H groups in total. The lowest BCUT2D eigenvalue weighted by molar-refractivity contribution is 0.133. The molecule has 0 aromatic heterocycles. The van der Waals surface area contributed by atoms with Gasteiger partial charge < -0.3 is 4.74 Å². The van der Waals surface area contributed by atoms with Gasteiger partial charge in [-0.05, 0) is 44.5 Å². The van der Waals surface area contributed by atoms with E-state index >= 15 is 0 Å². The number of nitrogens with zero attached hydrogens (tertiary/aromatic N) is 1. The number of nitrogens with one attached hydrogen (secondary N) is 1. The van der Waals surface area contributed by atoms with Crippen LogP contribution in [0.15, 0.2) is 23.1 Å². The molecule has 6 heteroatoms. The highest BCUT2D eigenvalue weighted by Gasteiger charge is 2.18. The minimum Gasteiger partial charge on any atom is -0.380 e. The average molecular weight is 282 g/mol. The molecule has 1 unspecified atom stereocenters. The van der Waals surface area contributed by atoms with Crippen molar-refractivity contribution in [2.75, 3.05) is 13.2 Å². The first-order chi connectivity index (χ1) is 8.90. The molecule has 0 aliphatic heterocycles. The Morgan fingerprint density at radius 3 is 2.68 bits per heavy atom. The molecule has 19 heavy (non-hydrogen) atoms. The minimum absolute atomic E-state index is 0.160. The first-order valence-electron chi connectivity index (χ1n) is 6.01. The highest BCUT2D eigenvalue weighted by atomic mass is 32.2. The van der Waals surface area contributed by atoms with Crippen LogP contribution in [0, 0.1) is 18.3 Å². The van der Waals surface area contributed by atoms with Gasteiger partial charge in [0.15, 0.2) is 0 Å². The molecule has 0 aliphatic rings. The summed E-state index contributed by atoms with van der Waals surface area (Å²) in [6, 6.07) is 6.14. The van der Waals surface area contributed by atoms with Gasteiger partial charge in [0.1, 0.15) is 0 Å². The molecule has 5 nitrogen and oxygen atoms in total. The molecule has 0 amide bonds. The average Bonchev–Trinajstić information content (AvgIpc) is 2.35. The summed E-state index contributed by atoms with van der Waals surface area (Å²) in [5.74, 6) is 0. The Morgan fingerprint density at radius 1 is 1.47 bits per heavy atom. The standard InChI is InChI=1S/C13H18N2O3S/c1-4-18-9-11(3)15-19(16,17)13-6-5-12(8-14)10(2)7-13/h5-7,11,15H,4,9H2,1-3H3. The zero-order valence-corrected chi connectivity index (χ0v) is 12.1. The number of hydrogen-bond donors (Lipinski definition) is 1. The maximum Gasteiger partial charge on any atom is 0.240 e. The van der Waals surface area contributed by atoms with E-state index in [4.69, 9.17) is 10.00 Å². The Hall–Kier alpha value is -1.42. The van der Waals surface area contributed by atoms with Gasteiger partial charge in [-0.2, -0.15) is 5.26 Å². The molecule has 0 radical (unpaired) electrons. The Labute approximate surface area is 114 Å². The molecule has 104 valence electrons. The molecular formula is C13H18N2O3S. The van der Waals surface area contributed by atoms with Crippen molar-refractivity contribution in [3.8, 4) is 6.07 Å². The van der Waals surface area contributed by atoms with Crippen LogP contribution in [0.4, 0.5) is 0 Å². The second-order valence-corrected chi connectivity index (χ2v) is 5.98. The largest absolute Gasteiger partial charge is 0.380 e. The quantitative estimate of drug-likeness (QED) is 0.859. The van der Waals surface area contributed by atoms with Crippen molar-refractivity contribution in [1.82, 2.24) is 4.72 Å². The van der Waals surface area contributed by atoms with E-state index in [0.717, 1.165) is 0 Å². The van der Waals surface area contributed by atoms with Gasteiger partial charge in [0, 0.05) is 12.6 Å². The monoisotopic (exact) mass is 282 g/mol. The lowest BCUT2D eigenvalue weighted by atomic mass is 10.1. The van der Waals surface area contributed by atoms with Crippen LogP contribution in [0.5, 0.6) is 0 Å². The number of aryl methyl sites for hydroxylation is 1. The molecule has 0 aliphatic carbocycles. The van der Waals surface area contributed by atoms with Crippen LogP contribution in [0.1, 0.15) is 25.0 Å². The lowest BCUT2D eigenvalue weighted by Crippen LogP contribution is -2.35. The second-order valence-electron chi connectivity index (χ2n) is 4.27. The minimum atomic E-state index is -3.58. The summed E-state index contributed by atoms with van der Waals surface area (Å²) in [5, 5.41) is 8.82. The number of sulfonamides is 1. The zero-order chi connectivity index (χ0) is 14.5. The topological polar surface area (TPSA) is 79.2 Å². The number of benzene rings is 1. The first kappa shape index (κ1) is 15.6. The third-order valence-electron chi connectivity index (χ3n) is 2.56. The summed E-state index contributed by atoms with van der Waals surface area (Å²) < 4.78 is 31.9. The van der Waals surface area contributed by atoms with Crippen molar-refractivity contribution >= 4 is 10.0 Å². The predicted octanol–water partition coefficient (Wildman–Crippen LogP) is 1.57. The zero-order valence-electron chi connectivity index (χ0n) is 11.3. The van der Waals surface area contributed by atoms with Crippen LogP contribution in [-0.4, -0.2) is 27.7 Å². The number of ether oxygens (including phenoxy) is 1. The van der Waals surface area contributed by atoms with Crippen LogP contribution in [0.3, 0.4) is 0 Å². The van der Waals surface area contributed by atoms with Gasteiger partial charge in [0.25, 0.3) is 0 Å². The van der Waals surface area contributed by atoms with Gasteiger partial charge in [0.05, 0.1) is 23.1 Å². The fraction of sp³-hybridized carbons (Fsp3) is 0.462. The Morgan fingerprint density at radius 2 is 2.16 bits per heavy atom. The van der Waals surface area contributed by atoms with Crippen molar-refractivity contribution in [2.24, 2.45) is 0 Å². The Balaban J connectivity index is 2.89. The number of nitriles is 1. The molecule has 0 spiro atoms. The summed E-state index contributed by atoms with van der Waals surface area (Å²) in [6.07, 6.45) is 0. The molecule has 0 saturated carbocycles. The van der Waals surface area contributed by atoms with E-state index in [1.165, 1.54) is 18.2 Å². The molecule has 1 aromatic rings. The SMILES string of the molecule is CCOCC(C)NS(=O)(=O)c1ccc(C#N)c(C)c1. The Bertz CT molecular complexity index is 576. The third-order valence-corrected chi connectivity index (χ3v) is 4.14. The van der Waals surface area contributed by atoms with Crippen molar-refractivity contribution in [1.29, 1.82) is 5.26 Å². The van der Waals surface area contributed by atoms with E-state index in [1.807, 2.05) is 13.0 Å². The smallest absolute Gasteiger partial charge is 0.240 e. The van der Waals surface area contributed by atoms with Crippen molar-refractivity contribution in [2.45, 2.75) is 31.7 Å². The van der Waals surface area contributed by atoms with E-state index < -0.39 is 10.0 Å². The van der Waals surface area contributed by atoms with Crippen molar-refractivity contribution in [3.05, 3.63) is 29.3 Å². The second kappa shape index (κ2) is 6.66. The van der Waals surface area contributed by atoms with E-state index in [-0.39, 0.29) is 10.9 Å². The summed E-state index contributed by atoms with van der Waals surface area (Å²) in [7, 11) is -3.58. The first-order valence-corrected chi connectivity index (χ1v) is 7.50. The summed E-state index contributed by atoms with van der Waals surface area (Å²) in [4.78, 5) is 0.160. The molecule has 1 atom stereocenters. The fourth-order valence-corrected chi connectivity index (χ4v) is 2.90. The molecule has 1 aromatic carbocycles. The Kier molecular flexibility index (Phi) is 5.48. The van der Waals surface area contributed by atoms with Crippen molar-refractivity contribution in [3.63, 3.8) is 0 Å². The normalized spacial score (nSPS) is 12.9. The highest BCUT2D eigenvalue weighted by molar-refractivity contribution is 7.89. The van der Waals surface area contributed by atoms with Crippen LogP contribution >= 0.6 is 0 Å². The maximum absolute atomic E-state index is 12.1. The molecule has 0 bridgehead atoms. The summed E-state index contributed by atoms with van der Waals surface area (Å²) in [5.41, 5.74) is 1.11. The molecule has 0 saturated heterocycles. The van der Waals surface area contributed by atoms with Crippen LogP contribution in [-0.2, 0) is 14.8 Å². The number of hydrogen-bond acceptors (Lipinski definition) is 4. The molecule has 1 rings (SSSR count). The number of rotatable bonds is 6. The maximum atomic E-state index is 12.1. The van der Waals surface area contributed by atoms with Crippen molar-refractivity contribution < 1.29 is 13.2 Å². The summed E-state index contributed by atoms with van der Waals surface area (Å²) in [6.45, 7) is 6.17. The highest BCUT2D eigenvalue weighted by Crippen LogP contribution is 2.15. The summed E-state index contributed by atoms with van der Waals surface area (Å²) >= 11 is 0. The third kappa shape index (κ3) is 4.31. The van der Waals surface area contributed by atoms with Gasteiger partial charge in [0.2, 0.25) is 10.0 Å². The predicted molar refractivity (Wildman–Crippen MR) is 72.2 cm³/mol. The van der Waals surface area contributed by atoms with E-state index in [0.29, 0.717) is 24.3 Å². The van der Waals surface area contributed by atoms with Gasteiger partial charge in [-0.3, -0.25) is 0 Å². The molecule has 0 heterocycles. The molecular weight excluding hydrogens is 264 g/mol. The van der Waals surface area contributed by atoms with Crippen LogP contribution < -0.4 is 4.72 Å². The van der Waals surface area contributed by atoms with Crippen LogP contribution in [0.2, 0.25) is 0 Å². The van der Waals surface area contributed by atoms with E-state index in [1.54, 1.807) is 13.8 Å². The fourth-order valence-electron chi connectivity index (χ4n) is 1.59. The van der Waals surface area contributed by atoms with E-state index in [2.05, 4.69) is 4.72 Å². The van der Waals surface area contributed by atoms with Gasteiger partial charge >= 0.3 is 0 Å². The van der Waals surface area contributed by atoms with Gasteiger partial charge in [-0.15, -0.1) is 0 Å². The van der Waals surface area contributed by atoms with Gasteiger partial charge in [-0.1, -0.05) is 0 Å². The molecule has 0 fully saturated rings. The lowest BCUT2D eigenvalue weighted by Gasteiger charge is -2.14. The van der Waals surface area contributed by atoms with Crippen LogP contribution in [0.25, 0.3) is 0 Å². The van der Waals surface area contributed by atoms with Gasteiger partial charge in [-0.25, -0.2) is 13.1 Å².